The van der Waals surface area contributed by atoms with Crippen LogP contribution in [-0.2, 0) is 6.54 Å². The normalized spacial score (nSPS) is 21.2. The molecule has 0 spiro atoms. The van der Waals surface area contributed by atoms with E-state index in [-0.39, 0.29) is 0 Å². The van der Waals surface area contributed by atoms with E-state index in [9.17, 15) is 0 Å². The maximum absolute atomic E-state index is 4.80. The van der Waals surface area contributed by atoms with Crippen LogP contribution in [0.4, 0.5) is 5.95 Å². The fourth-order valence-electron chi connectivity index (χ4n) is 3.41. The van der Waals surface area contributed by atoms with Gasteiger partial charge in [-0.25, -0.2) is 4.98 Å². The first-order valence-electron chi connectivity index (χ1n) is 6.74. The van der Waals surface area contributed by atoms with Gasteiger partial charge < -0.3 is 9.47 Å². The van der Waals surface area contributed by atoms with E-state index < -0.39 is 0 Å². The summed E-state index contributed by atoms with van der Waals surface area (Å²) in [7, 11) is 0. The number of imidazole rings is 1. The SMILES string of the molecule is Cc1nc2n(c1-c1ccccc1)C[C@@H]1CCCN21. The number of nitrogens with zero attached hydrogens (tertiary/aromatic N) is 3. The third kappa shape index (κ3) is 1.27. The average Bonchev–Trinajstić information content (AvgIpc) is 3.01. The smallest absolute Gasteiger partial charge is 0.206 e. The molecule has 92 valence electrons. The number of hydrogen-bond acceptors (Lipinski definition) is 2. The first kappa shape index (κ1) is 10.2. The molecule has 2 aliphatic heterocycles. The summed E-state index contributed by atoms with van der Waals surface area (Å²) in [5, 5.41) is 0. The summed E-state index contributed by atoms with van der Waals surface area (Å²) in [6, 6.07) is 11.3. The Kier molecular flexibility index (Phi) is 2.04. The fraction of sp³-hybridized carbons (Fsp3) is 0.400. The van der Waals surface area contributed by atoms with Crippen LogP contribution in [0, 0.1) is 6.92 Å². The molecule has 4 rings (SSSR count). The average molecular weight is 239 g/mol. The number of aryl methyl sites for hydroxylation is 1. The van der Waals surface area contributed by atoms with Crippen LogP contribution in [0.1, 0.15) is 18.5 Å². The molecule has 0 aliphatic carbocycles. The minimum Gasteiger partial charge on any atom is -0.337 e. The summed E-state index contributed by atoms with van der Waals surface area (Å²) >= 11 is 0. The molecule has 1 saturated heterocycles. The Balaban J connectivity index is 1.87. The van der Waals surface area contributed by atoms with E-state index >= 15 is 0 Å². The summed E-state index contributed by atoms with van der Waals surface area (Å²) < 4.78 is 2.41. The van der Waals surface area contributed by atoms with Gasteiger partial charge in [-0.15, -0.1) is 0 Å². The van der Waals surface area contributed by atoms with Crippen molar-refractivity contribution in [2.45, 2.75) is 32.4 Å². The quantitative estimate of drug-likeness (QED) is 0.763. The van der Waals surface area contributed by atoms with Gasteiger partial charge in [-0.1, -0.05) is 30.3 Å². The highest BCUT2D eigenvalue weighted by Gasteiger charge is 2.36. The van der Waals surface area contributed by atoms with E-state index in [1.54, 1.807) is 0 Å². The third-order valence-electron chi connectivity index (χ3n) is 4.20. The van der Waals surface area contributed by atoms with Crippen molar-refractivity contribution in [2.75, 3.05) is 11.4 Å². The van der Waals surface area contributed by atoms with Crippen LogP contribution in [0.3, 0.4) is 0 Å². The number of rotatable bonds is 1. The Bertz CT molecular complexity index is 585. The number of benzene rings is 1. The molecule has 3 heteroatoms. The maximum Gasteiger partial charge on any atom is 0.206 e. The summed E-state index contributed by atoms with van der Waals surface area (Å²) in [6.45, 7) is 4.41. The molecule has 1 aromatic carbocycles. The number of aromatic nitrogens is 2. The number of fused-ring (bicyclic) bond motifs is 3. The van der Waals surface area contributed by atoms with Gasteiger partial charge in [0.15, 0.2) is 0 Å². The van der Waals surface area contributed by atoms with Crippen LogP contribution in [-0.4, -0.2) is 22.1 Å². The minimum absolute atomic E-state index is 0.690. The van der Waals surface area contributed by atoms with Crippen molar-refractivity contribution in [3.8, 4) is 11.3 Å². The molecule has 0 unspecified atom stereocenters. The number of anilines is 1. The number of hydrogen-bond donors (Lipinski definition) is 0. The lowest BCUT2D eigenvalue weighted by molar-refractivity contribution is 0.625. The largest absolute Gasteiger partial charge is 0.337 e. The van der Waals surface area contributed by atoms with Crippen LogP contribution in [0.5, 0.6) is 0 Å². The van der Waals surface area contributed by atoms with Crippen molar-refractivity contribution >= 4 is 5.95 Å². The fourth-order valence-corrected chi connectivity index (χ4v) is 3.41. The first-order chi connectivity index (χ1) is 8.84. The first-order valence-corrected chi connectivity index (χ1v) is 6.74. The highest BCUT2D eigenvalue weighted by molar-refractivity contribution is 5.66. The van der Waals surface area contributed by atoms with Crippen molar-refractivity contribution in [3.05, 3.63) is 36.0 Å². The Labute approximate surface area is 107 Å². The zero-order valence-electron chi connectivity index (χ0n) is 10.6. The van der Waals surface area contributed by atoms with Gasteiger partial charge in [0.1, 0.15) is 0 Å². The van der Waals surface area contributed by atoms with E-state index in [0.717, 1.165) is 12.2 Å². The minimum atomic E-state index is 0.690. The second-order valence-corrected chi connectivity index (χ2v) is 5.31. The topological polar surface area (TPSA) is 21.1 Å². The molecule has 18 heavy (non-hydrogen) atoms. The molecular formula is C15H17N3. The Morgan fingerprint density at radius 2 is 2.06 bits per heavy atom. The van der Waals surface area contributed by atoms with E-state index in [0.29, 0.717) is 6.04 Å². The molecule has 3 nitrogen and oxygen atoms in total. The van der Waals surface area contributed by atoms with E-state index in [1.807, 2.05) is 0 Å². The van der Waals surface area contributed by atoms with Crippen LogP contribution < -0.4 is 4.90 Å². The van der Waals surface area contributed by atoms with Crippen molar-refractivity contribution in [1.29, 1.82) is 0 Å². The van der Waals surface area contributed by atoms with Crippen LogP contribution in [0.25, 0.3) is 11.3 Å². The second kappa shape index (κ2) is 3.61. The predicted molar refractivity (Wildman–Crippen MR) is 72.8 cm³/mol. The molecule has 2 aromatic rings. The second-order valence-electron chi connectivity index (χ2n) is 5.31. The molecule has 1 aromatic heterocycles. The van der Waals surface area contributed by atoms with Gasteiger partial charge in [0.05, 0.1) is 11.4 Å². The van der Waals surface area contributed by atoms with E-state index in [2.05, 4.69) is 46.7 Å². The van der Waals surface area contributed by atoms with Crippen LogP contribution >= 0.6 is 0 Å². The van der Waals surface area contributed by atoms with Crippen molar-refractivity contribution < 1.29 is 0 Å². The highest BCUT2D eigenvalue weighted by Crippen LogP contribution is 2.38. The third-order valence-corrected chi connectivity index (χ3v) is 4.20. The van der Waals surface area contributed by atoms with E-state index in [4.69, 9.17) is 4.98 Å². The molecule has 0 saturated carbocycles. The van der Waals surface area contributed by atoms with Gasteiger partial charge >= 0.3 is 0 Å². The zero-order valence-corrected chi connectivity index (χ0v) is 10.6. The lowest BCUT2D eigenvalue weighted by Crippen LogP contribution is -2.25. The Morgan fingerprint density at radius 1 is 1.22 bits per heavy atom. The van der Waals surface area contributed by atoms with Gasteiger partial charge in [-0.3, -0.25) is 0 Å². The highest BCUT2D eigenvalue weighted by atomic mass is 15.4. The molecule has 0 amide bonds. The standard InChI is InChI=1S/C15H17N3/c1-11-14(12-6-3-2-4-7-12)18-10-13-8-5-9-17(13)15(18)16-11/h2-4,6-7,13H,5,8-10H2,1H3/t13-/m0/s1. The Morgan fingerprint density at radius 3 is 2.89 bits per heavy atom. The molecule has 2 aliphatic rings. The summed E-state index contributed by atoms with van der Waals surface area (Å²) in [5.41, 5.74) is 3.75. The molecule has 3 heterocycles. The molecular weight excluding hydrogens is 222 g/mol. The predicted octanol–water partition coefficient (Wildman–Crippen LogP) is 2.84. The van der Waals surface area contributed by atoms with Crippen LogP contribution in [0.15, 0.2) is 30.3 Å². The van der Waals surface area contributed by atoms with E-state index in [1.165, 1.54) is 36.6 Å². The molecule has 0 N–H and O–H groups in total. The summed E-state index contributed by atoms with van der Waals surface area (Å²) in [5.74, 6) is 1.19. The van der Waals surface area contributed by atoms with Gasteiger partial charge in [-0.2, -0.15) is 0 Å². The van der Waals surface area contributed by atoms with Crippen molar-refractivity contribution in [3.63, 3.8) is 0 Å². The van der Waals surface area contributed by atoms with Gasteiger partial charge in [-0.05, 0) is 19.8 Å². The summed E-state index contributed by atoms with van der Waals surface area (Å²) in [4.78, 5) is 7.28. The lowest BCUT2D eigenvalue weighted by Gasteiger charge is -2.14. The molecule has 1 atom stereocenters. The van der Waals surface area contributed by atoms with Crippen molar-refractivity contribution in [2.24, 2.45) is 0 Å². The lowest BCUT2D eigenvalue weighted by atomic mass is 10.1. The van der Waals surface area contributed by atoms with Crippen molar-refractivity contribution in [1.82, 2.24) is 9.55 Å². The van der Waals surface area contributed by atoms with Gasteiger partial charge in [0, 0.05) is 24.7 Å². The Hall–Kier alpha value is -1.77. The maximum atomic E-state index is 4.80. The molecule has 1 fully saturated rings. The summed E-state index contributed by atoms with van der Waals surface area (Å²) in [6.07, 6.45) is 2.63. The monoisotopic (exact) mass is 239 g/mol. The zero-order chi connectivity index (χ0) is 12.1. The van der Waals surface area contributed by atoms with Gasteiger partial charge in [0.25, 0.3) is 0 Å². The van der Waals surface area contributed by atoms with Crippen LogP contribution in [0.2, 0.25) is 0 Å². The molecule has 0 radical (unpaired) electrons. The van der Waals surface area contributed by atoms with Gasteiger partial charge in [0.2, 0.25) is 5.95 Å². The molecule has 0 bridgehead atoms.